The topological polar surface area (TPSA) is 9.23 Å². The standard InChI is InChI=1S/C22H21OPS/c1-18(17-19-13-15-20(23-2)16-14-19)24(25,21-9-5-3-6-10-21)22-11-7-4-8-12-22/h3-17H,1-2H3/b18-17+. The van der Waals surface area contributed by atoms with Gasteiger partial charge in [-0.05, 0) is 40.5 Å². The summed E-state index contributed by atoms with van der Waals surface area (Å²) in [5.74, 6) is 0.861. The lowest BCUT2D eigenvalue weighted by molar-refractivity contribution is 0.415. The Morgan fingerprint density at radius 1 is 0.800 bits per heavy atom. The van der Waals surface area contributed by atoms with Crippen molar-refractivity contribution in [2.75, 3.05) is 7.11 Å². The van der Waals surface area contributed by atoms with Crippen LogP contribution in [-0.4, -0.2) is 7.11 Å². The van der Waals surface area contributed by atoms with Crippen LogP contribution in [-0.2, 0) is 11.8 Å². The van der Waals surface area contributed by atoms with Gasteiger partial charge in [-0.1, -0.05) is 90.7 Å². The number of benzene rings is 3. The summed E-state index contributed by atoms with van der Waals surface area (Å²) in [6.45, 7) is 2.16. The highest BCUT2D eigenvalue weighted by Crippen LogP contribution is 2.52. The third-order valence-corrected chi connectivity index (χ3v) is 9.53. The van der Waals surface area contributed by atoms with Gasteiger partial charge < -0.3 is 4.74 Å². The fourth-order valence-electron chi connectivity index (χ4n) is 2.86. The minimum Gasteiger partial charge on any atom is -0.497 e. The number of rotatable bonds is 5. The molecule has 126 valence electrons. The van der Waals surface area contributed by atoms with Gasteiger partial charge in [-0.3, -0.25) is 0 Å². The molecule has 0 saturated carbocycles. The normalized spacial score (nSPS) is 12.0. The van der Waals surface area contributed by atoms with Gasteiger partial charge in [0, 0.05) is 6.04 Å². The van der Waals surface area contributed by atoms with Gasteiger partial charge in [0.1, 0.15) is 5.75 Å². The average Bonchev–Trinajstić information content (AvgIpc) is 2.69. The summed E-state index contributed by atoms with van der Waals surface area (Å²) in [6, 6.07) is 27.0. The van der Waals surface area contributed by atoms with Crippen LogP contribution in [0.1, 0.15) is 12.5 Å². The summed E-state index contributed by atoms with van der Waals surface area (Å²) in [6.07, 6.45) is 2.21. The number of ether oxygens (including phenoxy) is 1. The number of methoxy groups -OCH3 is 1. The molecule has 3 aromatic carbocycles. The summed E-state index contributed by atoms with van der Waals surface area (Å²) in [5.41, 5.74) is 1.14. The first-order valence-corrected chi connectivity index (χ1v) is 11.0. The van der Waals surface area contributed by atoms with Crippen LogP contribution < -0.4 is 15.3 Å². The lowest BCUT2D eigenvalue weighted by Crippen LogP contribution is -2.16. The first-order chi connectivity index (χ1) is 12.1. The van der Waals surface area contributed by atoms with Crippen molar-refractivity contribution < 1.29 is 4.74 Å². The van der Waals surface area contributed by atoms with Crippen molar-refractivity contribution in [3.8, 4) is 5.75 Å². The highest BCUT2D eigenvalue weighted by atomic mass is 32.4. The molecule has 3 heteroatoms. The van der Waals surface area contributed by atoms with E-state index in [-0.39, 0.29) is 0 Å². The second-order valence-corrected chi connectivity index (χ2v) is 10.4. The van der Waals surface area contributed by atoms with E-state index in [4.69, 9.17) is 16.5 Å². The Morgan fingerprint density at radius 2 is 1.28 bits per heavy atom. The molecule has 1 nitrogen and oxygen atoms in total. The lowest BCUT2D eigenvalue weighted by Gasteiger charge is -2.24. The second-order valence-electron chi connectivity index (χ2n) is 5.84. The maximum absolute atomic E-state index is 6.32. The molecule has 3 aromatic rings. The summed E-state index contributed by atoms with van der Waals surface area (Å²) in [5, 5.41) is 3.67. The van der Waals surface area contributed by atoms with Crippen molar-refractivity contribution >= 4 is 34.5 Å². The van der Waals surface area contributed by atoms with E-state index in [0.29, 0.717) is 0 Å². The van der Waals surface area contributed by atoms with Crippen LogP contribution in [0.3, 0.4) is 0 Å². The molecule has 0 radical (unpaired) electrons. The van der Waals surface area contributed by atoms with Gasteiger partial charge in [0.05, 0.1) is 7.11 Å². The Hall–Kier alpha value is -2.15. The van der Waals surface area contributed by atoms with Crippen LogP contribution in [0.5, 0.6) is 5.75 Å². The summed E-state index contributed by atoms with van der Waals surface area (Å²) in [7, 11) is 1.68. The molecule has 0 N–H and O–H groups in total. The average molecular weight is 364 g/mol. The van der Waals surface area contributed by atoms with Crippen molar-refractivity contribution in [2.45, 2.75) is 6.92 Å². The van der Waals surface area contributed by atoms with Crippen molar-refractivity contribution in [1.29, 1.82) is 0 Å². The van der Waals surface area contributed by atoms with E-state index in [2.05, 4.69) is 73.7 Å². The molecule has 25 heavy (non-hydrogen) atoms. The van der Waals surface area contributed by atoms with E-state index < -0.39 is 6.04 Å². The second kappa shape index (κ2) is 7.82. The van der Waals surface area contributed by atoms with E-state index in [9.17, 15) is 0 Å². The van der Waals surface area contributed by atoms with E-state index in [1.54, 1.807) is 7.11 Å². The zero-order chi connectivity index (χ0) is 17.7. The first kappa shape index (κ1) is 17.7. The number of hydrogen-bond donors (Lipinski definition) is 0. The summed E-state index contributed by atoms with van der Waals surface area (Å²) in [4.78, 5) is 0. The third kappa shape index (κ3) is 3.76. The van der Waals surface area contributed by atoms with Crippen LogP contribution in [0.15, 0.2) is 90.2 Å². The molecular formula is C22H21OPS. The molecule has 3 rings (SSSR count). The molecule has 0 heterocycles. The van der Waals surface area contributed by atoms with Crippen LogP contribution in [0.4, 0.5) is 0 Å². The Labute approximate surface area is 155 Å². The molecule has 0 aliphatic carbocycles. The number of allylic oxidation sites excluding steroid dienone is 1. The van der Waals surface area contributed by atoms with E-state index >= 15 is 0 Å². The largest absolute Gasteiger partial charge is 0.497 e. The van der Waals surface area contributed by atoms with Crippen LogP contribution >= 0.6 is 6.04 Å². The Bertz CT molecular complexity index is 856. The predicted molar refractivity (Wildman–Crippen MR) is 113 cm³/mol. The Morgan fingerprint density at radius 3 is 1.72 bits per heavy atom. The van der Waals surface area contributed by atoms with Crippen molar-refractivity contribution in [3.63, 3.8) is 0 Å². The molecule has 0 unspecified atom stereocenters. The maximum atomic E-state index is 6.32. The zero-order valence-electron chi connectivity index (χ0n) is 14.4. The van der Waals surface area contributed by atoms with Crippen molar-refractivity contribution in [3.05, 3.63) is 95.8 Å². The quantitative estimate of drug-likeness (QED) is 0.577. The smallest absolute Gasteiger partial charge is 0.118 e. The van der Waals surface area contributed by atoms with E-state index in [0.717, 1.165) is 11.3 Å². The highest BCUT2D eigenvalue weighted by Gasteiger charge is 2.24. The molecule has 0 bridgehead atoms. The summed E-state index contributed by atoms with van der Waals surface area (Å²) < 4.78 is 5.25. The third-order valence-electron chi connectivity index (χ3n) is 4.23. The minimum absolute atomic E-state index is 0.861. The molecule has 0 atom stereocenters. The Balaban J connectivity index is 2.11. The molecule has 0 aliphatic heterocycles. The van der Waals surface area contributed by atoms with Gasteiger partial charge >= 0.3 is 0 Å². The van der Waals surface area contributed by atoms with Crippen LogP contribution in [0, 0.1) is 0 Å². The SMILES string of the molecule is COc1ccc(/C=C(\C)P(=S)(c2ccccc2)c2ccccc2)cc1. The van der Waals surface area contributed by atoms with Gasteiger partial charge in [-0.25, -0.2) is 0 Å². The molecular weight excluding hydrogens is 343 g/mol. The van der Waals surface area contributed by atoms with Crippen molar-refractivity contribution in [1.82, 2.24) is 0 Å². The van der Waals surface area contributed by atoms with Gasteiger partial charge in [0.2, 0.25) is 0 Å². The Kier molecular flexibility index (Phi) is 5.53. The molecule has 0 saturated heterocycles. The van der Waals surface area contributed by atoms with Gasteiger partial charge in [-0.15, -0.1) is 0 Å². The van der Waals surface area contributed by atoms with Crippen LogP contribution in [0.2, 0.25) is 0 Å². The predicted octanol–water partition coefficient (Wildman–Crippen LogP) is 5.19. The number of hydrogen-bond acceptors (Lipinski definition) is 2. The van der Waals surface area contributed by atoms with Gasteiger partial charge in [0.25, 0.3) is 0 Å². The lowest BCUT2D eigenvalue weighted by atomic mass is 10.2. The van der Waals surface area contributed by atoms with E-state index in [1.807, 2.05) is 24.3 Å². The molecule has 0 spiro atoms. The molecule has 0 aliphatic rings. The fourth-order valence-corrected chi connectivity index (χ4v) is 6.38. The molecule has 0 fully saturated rings. The summed E-state index contributed by atoms with van der Waals surface area (Å²) >= 11 is 6.32. The van der Waals surface area contributed by atoms with Gasteiger partial charge in [0.15, 0.2) is 0 Å². The minimum atomic E-state index is -2.04. The van der Waals surface area contributed by atoms with E-state index in [1.165, 1.54) is 15.9 Å². The fraction of sp³-hybridized carbons (Fsp3) is 0.0909. The zero-order valence-corrected chi connectivity index (χ0v) is 16.1. The maximum Gasteiger partial charge on any atom is 0.118 e. The van der Waals surface area contributed by atoms with Crippen molar-refractivity contribution in [2.24, 2.45) is 0 Å². The first-order valence-electron chi connectivity index (χ1n) is 8.19. The molecule has 0 amide bonds. The monoisotopic (exact) mass is 364 g/mol. The van der Waals surface area contributed by atoms with Crippen LogP contribution in [0.25, 0.3) is 6.08 Å². The molecule has 0 aromatic heterocycles. The highest BCUT2D eigenvalue weighted by molar-refractivity contribution is 8.24. The van der Waals surface area contributed by atoms with Gasteiger partial charge in [-0.2, -0.15) is 0 Å².